The van der Waals surface area contributed by atoms with E-state index >= 15 is 0 Å². The Morgan fingerprint density at radius 3 is 2.37 bits per heavy atom. The molecule has 5 nitrogen and oxygen atoms in total. The molecule has 1 atom stereocenters. The van der Waals surface area contributed by atoms with Gasteiger partial charge in [-0.1, -0.05) is 37.3 Å². The van der Waals surface area contributed by atoms with Gasteiger partial charge in [-0.3, -0.25) is 9.59 Å². The van der Waals surface area contributed by atoms with Gasteiger partial charge >= 0.3 is 5.97 Å². The van der Waals surface area contributed by atoms with E-state index < -0.39 is 11.9 Å². The van der Waals surface area contributed by atoms with Gasteiger partial charge in [0.15, 0.2) is 5.78 Å². The zero-order valence-electron chi connectivity index (χ0n) is 16.6. The van der Waals surface area contributed by atoms with E-state index in [2.05, 4.69) is 0 Å². The number of Topliss-reactive ketones (excluding diaryl/α,β-unsaturated/α-hetero) is 1. The van der Waals surface area contributed by atoms with Crippen molar-refractivity contribution in [3.05, 3.63) is 72.0 Å². The number of carboxylic acids is 1. The third-order valence-electron chi connectivity index (χ3n) is 4.87. The maximum atomic E-state index is 13.0. The van der Waals surface area contributed by atoms with Crippen LogP contribution in [0.2, 0.25) is 0 Å². The summed E-state index contributed by atoms with van der Waals surface area (Å²) in [7, 11) is 0. The molecule has 0 spiro atoms. The van der Waals surface area contributed by atoms with Crippen LogP contribution < -0.4 is 9.47 Å². The van der Waals surface area contributed by atoms with E-state index in [0.29, 0.717) is 23.5 Å². The minimum atomic E-state index is -0.984. The van der Waals surface area contributed by atoms with Gasteiger partial charge in [0.1, 0.15) is 30.5 Å². The molecule has 0 bridgehead atoms. The quantitative estimate of drug-likeness (QED) is 0.371. The second kappa shape index (κ2) is 9.87. The van der Waals surface area contributed by atoms with Gasteiger partial charge in [-0.2, -0.15) is 0 Å². The van der Waals surface area contributed by atoms with Gasteiger partial charge in [-0.25, -0.2) is 4.39 Å². The molecule has 0 aliphatic rings. The van der Waals surface area contributed by atoms with Gasteiger partial charge in [0.2, 0.25) is 0 Å². The van der Waals surface area contributed by atoms with E-state index in [1.165, 1.54) is 24.3 Å². The van der Waals surface area contributed by atoms with Crippen LogP contribution >= 0.6 is 0 Å². The highest BCUT2D eigenvalue weighted by Crippen LogP contribution is 2.32. The van der Waals surface area contributed by atoms with E-state index in [-0.39, 0.29) is 31.2 Å². The number of carbonyl (C=O) groups is 2. The summed E-state index contributed by atoms with van der Waals surface area (Å²) in [6.45, 7) is 2.12. The number of carbonyl (C=O) groups excluding carboxylic acids is 1. The van der Waals surface area contributed by atoms with Crippen LogP contribution in [0.3, 0.4) is 0 Å². The highest BCUT2D eigenvalue weighted by molar-refractivity contribution is 6.05. The second-order valence-corrected chi connectivity index (χ2v) is 6.88. The first-order chi connectivity index (χ1) is 14.5. The number of fused-ring (bicyclic) bond motifs is 1. The summed E-state index contributed by atoms with van der Waals surface area (Å²) in [5, 5.41) is 11.0. The summed E-state index contributed by atoms with van der Waals surface area (Å²) in [6, 6.07) is 16.7. The lowest BCUT2D eigenvalue weighted by atomic mass is 9.94. The fraction of sp³-hybridized carbons (Fsp3) is 0.250. The lowest BCUT2D eigenvalue weighted by Gasteiger charge is -2.16. The molecule has 0 aliphatic carbocycles. The molecule has 3 rings (SSSR count). The van der Waals surface area contributed by atoms with Crippen LogP contribution in [0, 0.1) is 11.7 Å². The van der Waals surface area contributed by atoms with Crippen LogP contribution in [0.25, 0.3) is 10.8 Å². The Morgan fingerprint density at radius 2 is 1.67 bits per heavy atom. The molecule has 0 saturated heterocycles. The number of ether oxygens (including phenoxy) is 2. The van der Waals surface area contributed by atoms with Crippen molar-refractivity contribution in [2.75, 3.05) is 13.2 Å². The summed E-state index contributed by atoms with van der Waals surface area (Å²) in [4.78, 5) is 24.2. The van der Waals surface area contributed by atoms with Crippen LogP contribution in [0.4, 0.5) is 4.39 Å². The van der Waals surface area contributed by atoms with Crippen LogP contribution in [-0.2, 0) is 4.79 Å². The lowest BCUT2D eigenvalue weighted by Crippen LogP contribution is -2.18. The van der Waals surface area contributed by atoms with Gasteiger partial charge in [0.05, 0.1) is 11.5 Å². The Kier molecular flexibility index (Phi) is 7.01. The van der Waals surface area contributed by atoms with Crippen molar-refractivity contribution in [1.82, 2.24) is 0 Å². The fourth-order valence-corrected chi connectivity index (χ4v) is 3.19. The van der Waals surface area contributed by atoms with Crippen LogP contribution in [-0.4, -0.2) is 30.1 Å². The Morgan fingerprint density at radius 1 is 0.967 bits per heavy atom. The highest BCUT2D eigenvalue weighted by Gasteiger charge is 2.23. The zero-order chi connectivity index (χ0) is 21.5. The average Bonchev–Trinajstić information content (AvgIpc) is 2.75. The largest absolute Gasteiger partial charge is 0.490 e. The molecule has 30 heavy (non-hydrogen) atoms. The molecule has 1 N–H and O–H groups in total. The van der Waals surface area contributed by atoms with Crippen molar-refractivity contribution >= 4 is 22.5 Å². The predicted octanol–water partition coefficient (Wildman–Crippen LogP) is 5.12. The smallest absolute Gasteiger partial charge is 0.306 e. The Bertz CT molecular complexity index is 1030. The van der Waals surface area contributed by atoms with Gasteiger partial charge in [-0.15, -0.1) is 0 Å². The Labute approximate surface area is 174 Å². The number of carboxylic acid groups (broad SMARTS) is 1. The molecule has 0 aromatic heterocycles. The number of hydrogen-bond acceptors (Lipinski definition) is 4. The van der Waals surface area contributed by atoms with Crippen molar-refractivity contribution < 1.29 is 28.6 Å². The molecule has 1 unspecified atom stereocenters. The molecule has 0 fully saturated rings. The molecule has 0 radical (unpaired) electrons. The van der Waals surface area contributed by atoms with Gasteiger partial charge in [0.25, 0.3) is 0 Å². The summed E-state index contributed by atoms with van der Waals surface area (Å²) < 4.78 is 24.5. The van der Waals surface area contributed by atoms with Crippen molar-refractivity contribution in [3.8, 4) is 11.5 Å². The van der Waals surface area contributed by atoms with Gasteiger partial charge in [0, 0.05) is 11.8 Å². The Hall–Kier alpha value is -3.41. The molecule has 6 heteroatoms. The highest BCUT2D eigenvalue weighted by atomic mass is 19.1. The first kappa shape index (κ1) is 21.3. The second-order valence-electron chi connectivity index (χ2n) is 6.88. The molecule has 0 aliphatic heterocycles. The molecular weight excluding hydrogens is 387 g/mol. The van der Waals surface area contributed by atoms with Crippen molar-refractivity contribution in [3.63, 3.8) is 0 Å². The summed E-state index contributed by atoms with van der Waals surface area (Å²) in [6.07, 6.45) is 0.281. The van der Waals surface area contributed by atoms with Gasteiger partial charge in [-0.05, 0) is 42.1 Å². The first-order valence-corrected chi connectivity index (χ1v) is 9.78. The molecule has 156 valence electrons. The predicted molar refractivity (Wildman–Crippen MR) is 112 cm³/mol. The van der Waals surface area contributed by atoms with Crippen LogP contribution in [0.5, 0.6) is 11.5 Å². The first-order valence-electron chi connectivity index (χ1n) is 9.78. The number of hydrogen-bond donors (Lipinski definition) is 1. The minimum Gasteiger partial charge on any atom is -0.490 e. The van der Waals surface area contributed by atoms with Crippen LogP contribution in [0.15, 0.2) is 60.7 Å². The third kappa shape index (κ3) is 5.14. The van der Waals surface area contributed by atoms with Crippen molar-refractivity contribution in [1.29, 1.82) is 0 Å². The number of ketones is 1. The molecule has 0 amide bonds. The van der Waals surface area contributed by atoms with E-state index in [9.17, 15) is 19.1 Å². The molecule has 0 heterocycles. The standard InChI is InChI=1S/C24H23FO5/c1-2-16(24(27)28)15-22(26)21-12-7-17-5-3-4-6-20(17)23(21)30-14-13-29-19-10-8-18(25)9-11-19/h3-12,16H,2,13-15H2,1H3,(H,27,28). The van der Waals surface area contributed by atoms with Crippen molar-refractivity contribution in [2.24, 2.45) is 5.92 Å². The van der Waals surface area contributed by atoms with E-state index in [0.717, 1.165) is 10.8 Å². The maximum absolute atomic E-state index is 13.0. The monoisotopic (exact) mass is 410 g/mol. The Balaban J connectivity index is 1.78. The number of aliphatic carboxylic acids is 1. The zero-order valence-corrected chi connectivity index (χ0v) is 16.6. The van der Waals surface area contributed by atoms with Crippen molar-refractivity contribution in [2.45, 2.75) is 19.8 Å². The topological polar surface area (TPSA) is 72.8 Å². The maximum Gasteiger partial charge on any atom is 0.306 e. The molecule has 3 aromatic carbocycles. The SMILES string of the molecule is CCC(CC(=O)c1ccc2ccccc2c1OCCOc1ccc(F)cc1)C(=O)O. The third-order valence-corrected chi connectivity index (χ3v) is 4.87. The minimum absolute atomic E-state index is 0.0907. The number of rotatable bonds is 10. The summed E-state index contributed by atoms with van der Waals surface area (Å²) in [5.74, 6) is -1.41. The summed E-state index contributed by atoms with van der Waals surface area (Å²) >= 11 is 0. The lowest BCUT2D eigenvalue weighted by molar-refractivity contribution is -0.141. The fourth-order valence-electron chi connectivity index (χ4n) is 3.19. The van der Waals surface area contributed by atoms with E-state index in [4.69, 9.17) is 9.47 Å². The summed E-state index contributed by atoms with van der Waals surface area (Å²) in [5.41, 5.74) is 0.357. The number of halogens is 1. The van der Waals surface area contributed by atoms with Gasteiger partial charge < -0.3 is 14.6 Å². The van der Waals surface area contributed by atoms with E-state index in [1.54, 1.807) is 13.0 Å². The molecular formula is C24H23FO5. The molecule has 3 aromatic rings. The normalized spacial score (nSPS) is 11.8. The molecule has 0 saturated carbocycles. The number of benzene rings is 3. The average molecular weight is 410 g/mol. The van der Waals surface area contributed by atoms with Crippen LogP contribution in [0.1, 0.15) is 30.1 Å². The van der Waals surface area contributed by atoms with E-state index in [1.807, 2.05) is 30.3 Å².